The largest absolute Gasteiger partial charge is 0.480 e. The van der Waals surface area contributed by atoms with Gasteiger partial charge in [0.1, 0.15) is 0 Å². The molecule has 9 heteroatoms. The van der Waals surface area contributed by atoms with Crippen molar-refractivity contribution in [3.63, 3.8) is 0 Å². The van der Waals surface area contributed by atoms with Gasteiger partial charge in [-0.05, 0) is 13.8 Å². The van der Waals surface area contributed by atoms with E-state index in [9.17, 15) is 14.4 Å². The van der Waals surface area contributed by atoms with E-state index >= 15 is 0 Å². The highest BCUT2D eigenvalue weighted by Crippen LogP contribution is 1.96. The zero-order chi connectivity index (χ0) is 16.4. The van der Waals surface area contributed by atoms with E-state index in [2.05, 4.69) is 0 Å². The van der Waals surface area contributed by atoms with Crippen LogP contribution in [-0.4, -0.2) is 83.2 Å². The molecule has 0 amide bonds. The number of ether oxygens (including phenoxy) is 2. The first-order valence-electron chi connectivity index (χ1n) is 6.37. The number of carbonyl (C=O) groups is 3. The van der Waals surface area contributed by atoms with Gasteiger partial charge in [0.15, 0.2) is 12.2 Å². The molecule has 0 aromatic rings. The van der Waals surface area contributed by atoms with Crippen LogP contribution in [-0.2, 0) is 23.9 Å². The first-order chi connectivity index (χ1) is 9.73. The normalized spacial score (nSPS) is 13.9. The SMILES string of the molecule is CC(OCCN(CCOC(C)C(=O)O)CC(=O)O)C(=O)O. The Bertz CT molecular complexity index is 333. The van der Waals surface area contributed by atoms with Crippen molar-refractivity contribution in [1.82, 2.24) is 4.90 Å². The van der Waals surface area contributed by atoms with Crippen LogP contribution in [0.1, 0.15) is 13.8 Å². The summed E-state index contributed by atoms with van der Waals surface area (Å²) in [4.78, 5) is 33.3. The van der Waals surface area contributed by atoms with Crippen molar-refractivity contribution in [1.29, 1.82) is 0 Å². The molecule has 21 heavy (non-hydrogen) atoms. The van der Waals surface area contributed by atoms with E-state index in [4.69, 9.17) is 24.8 Å². The van der Waals surface area contributed by atoms with E-state index < -0.39 is 30.1 Å². The fourth-order valence-corrected chi connectivity index (χ4v) is 1.32. The molecule has 0 heterocycles. The summed E-state index contributed by atoms with van der Waals surface area (Å²) in [6.45, 7) is 2.99. The van der Waals surface area contributed by atoms with Crippen LogP contribution in [0, 0.1) is 0 Å². The summed E-state index contributed by atoms with van der Waals surface area (Å²) >= 11 is 0. The average molecular weight is 307 g/mol. The molecule has 0 spiro atoms. The van der Waals surface area contributed by atoms with Crippen LogP contribution >= 0.6 is 0 Å². The first kappa shape index (κ1) is 19.3. The van der Waals surface area contributed by atoms with Crippen molar-refractivity contribution in [2.45, 2.75) is 26.1 Å². The fraction of sp³-hybridized carbons (Fsp3) is 0.750. The Morgan fingerprint density at radius 3 is 1.57 bits per heavy atom. The molecule has 0 saturated heterocycles. The van der Waals surface area contributed by atoms with Crippen LogP contribution in [0.4, 0.5) is 0 Å². The summed E-state index contributed by atoms with van der Waals surface area (Å²) in [7, 11) is 0. The summed E-state index contributed by atoms with van der Waals surface area (Å²) in [6.07, 6.45) is -1.94. The molecule has 0 aromatic heterocycles. The third kappa shape index (κ3) is 9.77. The maximum atomic E-state index is 10.7. The number of carboxylic acid groups (broad SMARTS) is 3. The molecule has 9 nitrogen and oxygen atoms in total. The minimum absolute atomic E-state index is 0.0508. The van der Waals surface area contributed by atoms with Crippen LogP contribution in [0.2, 0.25) is 0 Å². The Labute approximate surface area is 122 Å². The van der Waals surface area contributed by atoms with E-state index in [1.165, 1.54) is 18.7 Å². The lowest BCUT2D eigenvalue weighted by Crippen LogP contribution is -2.37. The minimum atomic E-state index is -1.10. The van der Waals surface area contributed by atoms with E-state index in [1.54, 1.807) is 0 Å². The quantitative estimate of drug-likeness (QED) is 0.430. The molecule has 2 unspecified atom stereocenters. The zero-order valence-electron chi connectivity index (χ0n) is 12.0. The van der Waals surface area contributed by atoms with E-state index in [0.29, 0.717) is 0 Å². The maximum Gasteiger partial charge on any atom is 0.332 e. The van der Waals surface area contributed by atoms with Gasteiger partial charge in [0, 0.05) is 13.1 Å². The molecule has 0 radical (unpaired) electrons. The molecule has 0 bridgehead atoms. The number of nitrogens with zero attached hydrogens (tertiary/aromatic N) is 1. The molecule has 0 aliphatic heterocycles. The maximum absolute atomic E-state index is 10.7. The highest BCUT2D eigenvalue weighted by molar-refractivity contribution is 5.72. The Hall–Kier alpha value is -1.71. The van der Waals surface area contributed by atoms with Gasteiger partial charge in [-0.25, -0.2) is 9.59 Å². The predicted octanol–water partition coefficient (Wildman–Crippen LogP) is -0.648. The van der Waals surface area contributed by atoms with Crippen LogP contribution < -0.4 is 0 Å². The molecule has 3 N–H and O–H groups in total. The highest BCUT2D eigenvalue weighted by atomic mass is 16.5. The standard InChI is InChI=1S/C12H21NO8/c1-8(11(16)17)20-5-3-13(7-10(14)15)4-6-21-9(2)12(18)19/h8-9H,3-7H2,1-2H3,(H,14,15)(H,16,17)(H,18,19). The van der Waals surface area contributed by atoms with Crippen LogP contribution in [0.15, 0.2) is 0 Å². The van der Waals surface area contributed by atoms with Gasteiger partial charge in [-0.15, -0.1) is 0 Å². The van der Waals surface area contributed by atoms with Gasteiger partial charge in [0.25, 0.3) is 0 Å². The van der Waals surface area contributed by atoms with E-state index in [0.717, 1.165) is 0 Å². The van der Waals surface area contributed by atoms with Crippen molar-refractivity contribution < 1.29 is 39.2 Å². The second-order valence-electron chi connectivity index (χ2n) is 4.37. The summed E-state index contributed by atoms with van der Waals surface area (Å²) in [6, 6.07) is 0. The van der Waals surface area contributed by atoms with Crippen molar-refractivity contribution in [2.24, 2.45) is 0 Å². The Balaban J connectivity index is 4.11. The van der Waals surface area contributed by atoms with Crippen LogP contribution in [0.25, 0.3) is 0 Å². The van der Waals surface area contributed by atoms with Gasteiger partial charge in [0.05, 0.1) is 19.8 Å². The smallest absolute Gasteiger partial charge is 0.332 e. The van der Waals surface area contributed by atoms with Gasteiger partial charge < -0.3 is 24.8 Å². The monoisotopic (exact) mass is 307 g/mol. The number of aliphatic carboxylic acids is 3. The Morgan fingerprint density at radius 1 is 0.905 bits per heavy atom. The van der Waals surface area contributed by atoms with E-state index in [-0.39, 0.29) is 32.8 Å². The van der Waals surface area contributed by atoms with Crippen molar-refractivity contribution >= 4 is 17.9 Å². The molecule has 0 saturated carbocycles. The van der Waals surface area contributed by atoms with Gasteiger partial charge in [-0.2, -0.15) is 0 Å². The lowest BCUT2D eigenvalue weighted by atomic mass is 10.4. The summed E-state index contributed by atoms with van der Waals surface area (Å²) < 4.78 is 10.0. The summed E-state index contributed by atoms with van der Waals surface area (Å²) in [5.41, 5.74) is 0. The third-order valence-electron chi connectivity index (χ3n) is 2.61. The first-order valence-corrected chi connectivity index (χ1v) is 6.37. The average Bonchev–Trinajstić information content (AvgIpc) is 2.37. The van der Waals surface area contributed by atoms with Crippen molar-refractivity contribution in [3.8, 4) is 0 Å². The highest BCUT2D eigenvalue weighted by Gasteiger charge is 2.15. The van der Waals surface area contributed by atoms with Crippen molar-refractivity contribution in [2.75, 3.05) is 32.8 Å². The molecule has 0 aromatic carbocycles. The lowest BCUT2D eigenvalue weighted by molar-refractivity contribution is -0.150. The van der Waals surface area contributed by atoms with Gasteiger partial charge in [-0.3, -0.25) is 9.69 Å². The molecule has 0 aliphatic carbocycles. The predicted molar refractivity (Wildman–Crippen MR) is 70.2 cm³/mol. The molecule has 2 atom stereocenters. The lowest BCUT2D eigenvalue weighted by Gasteiger charge is -2.21. The zero-order valence-corrected chi connectivity index (χ0v) is 12.0. The molecule has 122 valence electrons. The van der Waals surface area contributed by atoms with Gasteiger partial charge >= 0.3 is 17.9 Å². The number of hydrogen-bond acceptors (Lipinski definition) is 6. The minimum Gasteiger partial charge on any atom is -0.480 e. The summed E-state index contributed by atoms with van der Waals surface area (Å²) in [5.74, 6) is -3.25. The molecule has 0 fully saturated rings. The number of hydrogen-bond donors (Lipinski definition) is 3. The second kappa shape index (κ2) is 10.1. The van der Waals surface area contributed by atoms with Gasteiger partial charge in [-0.1, -0.05) is 0 Å². The second-order valence-corrected chi connectivity index (χ2v) is 4.37. The molecular formula is C12H21NO8. The van der Waals surface area contributed by atoms with Gasteiger partial charge in [0.2, 0.25) is 0 Å². The van der Waals surface area contributed by atoms with Crippen LogP contribution in [0.3, 0.4) is 0 Å². The summed E-state index contributed by atoms with van der Waals surface area (Å²) in [5, 5.41) is 26.0. The Kier molecular flexibility index (Phi) is 9.26. The number of carboxylic acids is 3. The van der Waals surface area contributed by atoms with Crippen molar-refractivity contribution in [3.05, 3.63) is 0 Å². The molecule has 0 rings (SSSR count). The molecule has 0 aliphatic rings. The number of rotatable bonds is 12. The van der Waals surface area contributed by atoms with Crippen LogP contribution in [0.5, 0.6) is 0 Å². The van der Waals surface area contributed by atoms with E-state index in [1.807, 2.05) is 0 Å². The molecular weight excluding hydrogens is 286 g/mol. The third-order valence-corrected chi connectivity index (χ3v) is 2.61. The Morgan fingerprint density at radius 2 is 1.29 bits per heavy atom. The fourth-order valence-electron chi connectivity index (χ4n) is 1.32. The topological polar surface area (TPSA) is 134 Å².